The first-order valence-corrected chi connectivity index (χ1v) is 5.61. The van der Waals surface area contributed by atoms with Gasteiger partial charge in [0.25, 0.3) is 0 Å². The molecule has 72 valence electrons. The van der Waals surface area contributed by atoms with Crippen LogP contribution in [0, 0.1) is 5.41 Å². The molecule has 6 heteroatoms. The Hall–Kier alpha value is 0.0169. The molecule has 1 rings (SSSR count). The highest BCUT2D eigenvalue weighted by molar-refractivity contribution is 6.48. The van der Waals surface area contributed by atoms with Crippen LogP contribution < -0.4 is 0 Å². The fourth-order valence-electron chi connectivity index (χ4n) is 1.03. The van der Waals surface area contributed by atoms with Crippen molar-refractivity contribution in [2.45, 2.75) is 13.3 Å². The van der Waals surface area contributed by atoms with E-state index in [4.69, 9.17) is 19.1 Å². The third kappa shape index (κ3) is 2.51. The van der Waals surface area contributed by atoms with E-state index in [0.717, 1.165) is 6.42 Å². The average molecular weight is 194 g/mol. The first kappa shape index (κ1) is 10.1. The van der Waals surface area contributed by atoms with E-state index in [-0.39, 0.29) is 12.0 Å². The third-order valence-electron chi connectivity index (χ3n) is 2.14. The van der Waals surface area contributed by atoms with Crippen LogP contribution >= 0.6 is 0 Å². The maximum atomic E-state index is 8.58. The van der Waals surface area contributed by atoms with Crippen LogP contribution in [-0.4, -0.2) is 43.3 Å². The summed E-state index contributed by atoms with van der Waals surface area (Å²) >= 11 is 0. The number of rotatable bonds is 4. The molecule has 0 spiro atoms. The lowest BCUT2D eigenvalue weighted by Gasteiger charge is -2.40. The van der Waals surface area contributed by atoms with Gasteiger partial charge in [0.05, 0.1) is 19.8 Å². The molecule has 1 saturated heterocycles. The standard InChI is InChI=1S/C6H14O5Si/c1-2-6(3-10-4-6)5-11-12(7,8)9/h7-9H,2-5H2,1H3. The molecule has 1 aliphatic heterocycles. The van der Waals surface area contributed by atoms with E-state index in [1.54, 1.807) is 0 Å². The Labute approximate surface area is 72.0 Å². The molecular formula is C6H14O5Si. The highest BCUT2D eigenvalue weighted by Gasteiger charge is 2.41. The second kappa shape index (κ2) is 3.41. The molecular weight excluding hydrogens is 180 g/mol. The van der Waals surface area contributed by atoms with Crippen molar-refractivity contribution in [3.05, 3.63) is 0 Å². The molecule has 1 aliphatic rings. The largest absolute Gasteiger partial charge is 0.671 e. The van der Waals surface area contributed by atoms with Crippen LogP contribution in [0.3, 0.4) is 0 Å². The molecule has 0 aliphatic carbocycles. The molecule has 0 aromatic carbocycles. The molecule has 0 saturated carbocycles. The van der Waals surface area contributed by atoms with Crippen LogP contribution in [0.25, 0.3) is 0 Å². The van der Waals surface area contributed by atoms with Gasteiger partial charge in [-0.3, -0.25) is 0 Å². The summed E-state index contributed by atoms with van der Waals surface area (Å²) in [5.74, 6) is 0. The summed E-state index contributed by atoms with van der Waals surface area (Å²) in [6.07, 6.45) is 0.845. The van der Waals surface area contributed by atoms with Gasteiger partial charge in [0.2, 0.25) is 0 Å². The summed E-state index contributed by atoms with van der Waals surface area (Å²) in [5, 5.41) is 0. The van der Waals surface area contributed by atoms with Crippen LogP contribution in [0.4, 0.5) is 0 Å². The summed E-state index contributed by atoms with van der Waals surface area (Å²) < 4.78 is 9.54. The van der Waals surface area contributed by atoms with Crippen LogP contribution in [0.15, 0.2) is 0 Å². The van der Waals surface area contributed by atoms with Crippen molar-refractivity contribution in [3.63, 3.8) is 0 Å². The van der Waals surface area contributed by atoms with E-state index in [1.807, 2.05) is 6.92 Å². The van der Waals surface area contributed by atoms with Crippen LogP contribution in [0.5, 0.6) is 0 Å². The first-order valence-electron chi connectivity index (χ1n) is 3.86. The van der Waals surface area contributed by atoms with E-state index in [2.05, 4.69) is 4.43 Å². The SMILES string of the molecule is CCC1(CO[Si](O)(O)O)COC1. The quantitative estimate of drug-likeness (QED) is 0.492. The van der Waals surface area contributed by atoms with Crippen molar-refractivity contribution in [1.82, 2.24) is 0 Å². The van der Waals surface area contributed by atoms with Crippen molar-refractivity contribution in [3.8, 4) is 0 Å². The topological polar surface area (TPSA) is 79.2 Å². The van der Waals surface area contributed by atoms with Gasteiger partial charge in [-0.15, -0.1) is 0 Å². The molecule has 0 aromatic rings. The predicted molar refractivity (Wildman–Crippen MR) is 41.9 cm³/mol. The summed E-state index contributed by atoms with van der Waals surface area (Å²) in [5.41, 5.74) is -0.119. The lowest BCUT2D eigenvalue weighted by atomic mass is 9.84. The molecule has 0 unspecified atom stereocenters. The zero-order valence-corrected chi connectivity index (χ0v) is 7.99. The minimum atomic E-state index is -4.32. The zero-order valence-electron chi connectivity index (χ0n) is 6.99. The Morgan fingerprint density at radius 3 is 2.25 bits per heavy atom. The van der Waals surface area contributed by atoms with E-state index in [9.17, 15) is 0 Å². The van der Waals surface area contributed by atoms with E-state index in [0.29, 0.717) is 13.2 Å². The van der Waals surface area contributed by atoms with Gasteiger partial charge in [-0.2, -0.15) is 0 Å². The molecule has 5 nitrogen and oxygen atoms in total. The van der Waals surface area contributed by atoms with Crippen LogP contribution in [-0.2, 0) is 9.16 Å². The van der Waals surface area contributed by atoms with E-state index < -0.39 is 9.05 Å². The van der Waals surface area contributed by atoms with Crippen molar-refractivity contribution in [2.75, 3.05) is 19.8 Å². The van der Waals surface area contributed by atoms with Gasteiger partial charge in [0, 0.05) is 5.41 Å². The Morgan fingerprint density at radius 1 is 1.42 bits per heavy atom. The second-order valence-corrected chi connectivity index (χ2v) is 4.65. The molecule has 12 heavy (non-hydrogen) atoms. The van der Waals surface area contributed by atoms with Crippen molar-refractivity contribution >= 4 is 9.05 Å². The summed E-state index contributed by atoms with van der Waals surface area (Å²) in [4.78, 5) is 25.7. The molecule has 1 heterocycles. The molecule has 0 radical (unpaired) electrons. The van der Waals surface area contributed by atoms with Gasteiger partial charge in [-0.05, 0) is 6.42 Å². The number of hydrogen-bond donors (Lipinski definition) is 3. The Bertz CT molecular complexity index is 145. The van der Waals surface area contributed by atoms with Crippen molar-refractivity contribution < 1.29 is 23.5 Å². The van der Waals surface area contributed by atoms with Gasteiger partial charge in [-0.1, -0.05) is 6.92 Å². The van der Waals surface area contributed by atoms with Gasteiger partial charge < -0.3 is 23.5 Å². The van der Waals surface area contributed by atoms with Crippen molar-refractivity contribution in [2.24, 2.45) is 5.41 Å². The van der Waals surface area contributed by atoms with E-state index >= 15 is 0 Å². The lowest BCUT2D eigenvalue weighted by molar-refractivity contribution is -0.145. The third-order valence-corrected chi connectivity index (χ3v) is 2.67. The van der Waals surface area contributed by atoms with Gasteiger partial charge in [0.1, 0.15) is 0 Å². The maximum absolute atomic E-state index is 8.58. The van der Waals surface area contributed by atoms with Gasteiger partial charge in [0.15, 0.2) is 0 Å². The molecule has 0 bridgehead atoms. The molecule has 3 N–H and O–H groups in total. The van der Waals surface area contributed by atoms with Crippen molar-refractivity contribution in [1.29, 1.82) is 0 Å². The normalized spacial score (nSPS) is 22.0. The average Bonchev–Trinajstić information content (AvgIpc) is 1.84. The first-order chi connectivity index (χ1) is 5.47. The zero-order chi connectivity index (χ0) is 9.24. The molecule has 1 fully saturated rings. The molecule has 0 amide bonds. The monoisotopic (exact) mass is 194 g/mol. The molecule has 0 atom stereocenters. The number of ether oxygens (including phenoxy) is 1. The van der Waals surface area contributed by atoms with Crippen LogP contribution in [0.2, 0.25) is 0 Å². The fraction of sp³-hybridized carbons (Fsp3) is 1.00. The number of hydrogen-bond acceptors (Lipinski definition) is 5. The van der Waals surface area contributed by atoms with Gasteiger partial charge in [-0.25, -0.2) is 0 Å². The minimum Gasteiger partial charge on any atom is -0.380 e. The highest BCUT2D eigenvalue weighted by Crippen LogP contribution is 2.31. The lowest BCUT2D eigenvalue weighted by Crippen LogP contribution is -2.50. The molecule has 0 aromatic heterocycles. The van der Waals surface area contributed by atoms with Crippen LogP contribution in [0.1, 0.15) is 13.3 Å². The highest BCUT2D eigenvalue weighted by atomic mass is 28.4. The smallest absolute Gasteiger partial charge is 0.380 e. The minimum absolute atomic E-state index is 0.119. The summed E-state index contributed by atoms with van der Waals surface area (Å²) in [6.45, 7) is 3.25. The second-order valence-electron chi connectivity index (χ2n) is 3.21. The van der Waals surface area contributed by atoms with E-state index in [1.165, 1.54) is 0 Å². The fourth-order valence-corrected chi connectivity index (χ4v) is 1.53. The summed E-state index contributed by atoms with van der Waals surface area (Å²) in [6, 6.07) is 0. The van der Waals surface area contributed by atoms with Gasteiger partial charge >= 0.3 is 9.05 Å². The predicted octanol–water partition coefficient (Wildman–Crippen LogP) is -1.16. The Morgan fingerprint density at radius 2 is 2.00 bits per heavy atom. The summed E-state index contributed by atoms with van der Waals surface area (Å²) in [7, 11) is -4.32. The maximum Gasteiger partial charge on any atom is 0.671 e. The Balaban J connectivity index is 2.30. The Kier molecular flexibility index (Phi) is 2.87.